The molecule has 0 spiro atoms. The van der Waals surface area contributed by atoms with Gasteiger partial charge in [0, 0.05) is 35.5 Å². The zero-order valence-corrected chi connectivity index (χ0v) is 13.1. The summed E-state index contributed by atoms with van der Waals surface area (Å²) in [5.41, 5.74) is 3.45. The number of nitrogens with one attached hydrogen (secondary N) is 1. The molecule has 1 amide bonds. The first kappa shape index (κ1) is 14.8. The van der Waals surface area contributed by atoms with E-state index in [0.717, 1.165) is 24.9 Å². The van der Waals surface area contributed by atoms with Crippen LogP contribution in [0.1, 0.15) is 33.5 Å². The topological polar surface area (TPSA) is 58.4 Å². The molecule has 1 aliphatic heterocycles. The third-order valence-electron chi connectivity index (χ3n) is 3.45. The molecule has 0 radical (unpaired) electrons. The summed E-state index contributed by atoms with van der Waals surface area (Å²) in [5, 5.41) is 0.750. The van der Waals surface area contributed by atoms with Crippen molar-refractivity contribution in [2.75, 3.05) is 18.8 Å². The minimum atomic E-state index is -0.194. The number of nitrogen functional groups attached to an aromatic ring is 1. The Morgan fingerprint density at radius 3 is 3.11 bits per heavy atom. The van der Waals surface area contributed by atoms with E-state index in [4.69, 9.17) is 5.84 Å². The van der Waals surface area contributed by atoms with Crippen LogP contribution in [-0.4, -0.2) is 34.9 Å². The minimum Gasteiger partial charge on any atom is -0.297 e. The summed E-state index contributed by atoms with van der Waals surface area (Å²) in [6.07, 6.45) is 1.23. The molecular formula is C13H21N3OS2. The number of thiophene rings is 1. The zero-order chi connectivity index (χ0) is 13.8. The second-order valence-corrected chi connectivity index (χ2v) is 7.47. The number of amides is 1. The second kappa shape index (κ2) is 6.74. The van der Waals surface area contributed by atoms with E-state index >= 15 is 0 Å². The van der Waals surface area contributed by atoms with Gasteiger partial charge >= 0.3 is 0 Å². The van der Waals surface area contributed by atoms with Crippen LogP contribution in [0, 0.1) is 6.92 Å². The molecule has 106 valence electrons. The Kier molecular flexibility index (Phi) is 5.27. The number of aryl methyl sites for hydroxylation is 1. The third-order valence-corrected chi connectivity index (χ3v) is 5.91. The van der Waals surface area contributed by atoms with Crippen LogP contribution in [0.5, 0.6) is 0 Å². The number of carbonyl (C=O) groups excluding carboxylic acids is 1. The highest BCUT2D eigenvalue weighted by molar-refractivity contribution is 8.00. The highest BCUT2D eigenvalue weighted by atomic mass is 32.2. The number of hydrogen-bond donors (Lipinski definition) is 2. The van der Waals surface area contributed by atoms with Crippen molar-refractivity contribution in [2.24, 2.45) is 5.84 Å². The number of hydrazine groups is 1. The van der Waals surface area contributed by atoms with Gasteiger partial charge in [0.2, 0.25) is 0 Å². The van der Waals surface area contributed by atoms with Crippen LogP contribution < -0.4 is 11.3 Å². The smallest absolute Gasteiger partial charge is 0.275 e. The van der Waals surface area contributed by atoms with Gasteiger partial charge in [-0.1, -0.05) is 6.92 Å². The standard InChI is InChI=1S/C13H21N3OS2/c1-3-11-8-16(4-5-18-11)7-10-6-12(13(17)15-14)19-9(10)2/h6,11H,3-5,7-8,14H2,1-2H3,(H,15,17). The molecule has 3 N–H and O–H groups in total. The quantitative estimate of drug-likeness (QED) is 0.507. The van der Waals surface area contributed by atoms with Gasteiger partial charge < -0.3 is 0 Å². The van der Waals surface area contributed by atoms with E-state index in [1.807, 2.05) is 6.07 Å². The van der Waals surface area contributed by atoms with E-state index in [9.17, 15) is 4.79 Å². The number of rotatable bonds is 4. The van der Waals surface area contributed by atoms with Crippen molar-refractivity contribution in [3.05, 3.63) is 21.4 Å². The molecule has 2 heterocycles. The Bertz CT molecular complexity index is 447. The molecule has 0 saturated carbocycles. The summed E-state index contributed by atoms with van der Waals surface area (Å²) in [7, 11) is 0. The SMILES string of the molecule is CCC1CN(Cc2cc(C(=O)NN)sc2C)CCS1. The molecule has 1 aromatic heterocycles. The number of hydrogen-bond acceptors (Lipinski definition) is 5. The minimum absolute atomic E-state index is 0.194. The Hall–Kier alpha value is -0.560. The molecule has 4 nitrogen and oxygen atoms in total. The van der Waals surface area contributed by atoms with Crippen molar-refractivity contribution in [2.45, 2.75) is 32.1 Å². The number of nitrogens with two attached hydrogens (primary N) is 1. The lowest BCUT2D eigenvalue weighted by Gasteiger charge is -2.31. The van der Waals surface area contributed by atoms with E-state index < -0.39 is 0 Å². The van der Waals surface area contributed by atoms with Gasteiger partial charge in [-0.15, -0.1) is 11.3 Å². The third kappa shape index (κ3) is 3.72. The van der Waals surface area contributed by atoms with Crippen LogP contribution in [0.4, 0.5) is 0 Å². The van der Waals surface area contributed by atoms with Crippen molar-refractivity contribution in [3.8, 4) is 0 Å². The Morgan fingerprint density at radius 1 is 1.63 bits per heavy atom. The predicted octanol–water partition coefficient (Wildman–Crippen LogP) is 1.99. The lowest BCUT2D eigenvalue weighted by atomic mass is 10.2. The maximum atomic E-state index is 11.5. The van der Waals surface area contributed by atoms with Gasteiger partial charge in [0.15, 0.2) is 0 Å². The van der Waals surface area contributed by atoms with E-state index in [1.54, 1.807) is 0 Å². The van der Waals surface area contributed by atoms with Crippen LogP contribution in [0.2, 0.25) is 0 Å². The molecule has 1 aliphatic rings. The van der Waals surface area contributed by atoms with Crippen molar-refractivity contribution in [1.82, 2.24) is 10.3 Å². The molecule has 1 atom stereocenters. The van der Waals surface area contributed by atoms with Crippen LogP contribution >= 0.6 is 23.1 Å². The lowest BCUT2D eigenvalue weighted by Crippen LogP contribution is -2.37. The van der Waals surface area contributed by atoms with Crippen molar-refractivity contribution < 1.29 is 4.79 Å². The van der Waals surface area contributed by atoms with Crippen LogP contribution in [0.15, 0.2) is 6.07 Å². The molecule has 2 rings (SSSR count). The van der Waals surface area contributed by atoms with Crippen LogP contribution in [0.25, 0.3) is 0 Å². The zero-order valence-electron chi connectivity index (χ0n) is 11.4. The maximum absolute atomic E-state index is 11.5. The van der Waals surface area contributed by atoms with Gasteiger partial charge in [-0.2, -0.15) is 11.8 Å². The highest BCUT2D eigenvalue weighted by Gasteiger charge is 2.20. The monoisotopic (exact) mass is 299 g/mol. The van der Waals surface area contributed by atoms with Crippen molar-refractivity contribution >= 4 is 29.0 Å². The van der Waals surface area contributed by atoms with Crippen molar-refractivity contribution in [3.63, 3.8) is 0 Å². The summed E-state index contributed by atoms with van der Waals surface area (Å²) in [6.45, 7) is 7.55. The van der Waals surface area contributed by atoms with Gasteiger partial charge in [-0.3, -0.25) is 15.1 Å². The fourth-order valence-electron chi connectivity index (χ4n) is 2.27. The Labute approximate surface area is 122 Å². The lowest BCUT2D eigenvalue weighted by molar-refractivity contribution is 0.0957. The highest BCUT2D eigenvalue weighted by Crippen LogP contribution is 2.26. The van der Waals surface area contributed by atoms with Gasteiger partial charge in [-0.25, -0.2) is 5.84 Å². The number of nitrogens with zero attached hydrogens (tertiary/aromatic N) is 1. The molecule has 1 aromatic rings. The molecule has 1 fully saturated rings. The summed E-state index contributed by atoms with van der Waals surface area (Å²) < 4.78 is 0. The Balaban J connectivity index is 2.02. The summed E-state index contributed by atoms with van der Waals surface area (Å²) in [5.74, 6) is 6.19. The van der Waals surface area contributed by atoms with E-state index in [2.05, 4.69) is 35.9 Å². The second-order valence-electron chi connectivity index (χ2n) is 4.80. The molecule has 0 aliphatic carbocycles. The number of carbonyl (C=O) groups is 1. The van der Waals surface area contributed by atoms with Crippen LogP contribution in [-0.2, 0) is 6.54 Å². The van der Waals surface area contributed by atoms with Crippen molar-refractivity contribution in [1.29, 1.82) is 0 Å². The van der Waals surface area contributed by atoms with Gasteiger partial charge in [-0.05, 0) is 25.0 Å². The van der Waals surface area contributed by atoms with Gasteiger partial charge in [0.1, 0.15) is 0 Å². The average Bonchev–Trinajstić information content (AvgIpc) is 2.79. The molecule has 0 aromatic carbocycles. The fourth-order valence-corrected chi connectivity index (χ4v) is 4.46. The molecule has 19 heavy (non-hydrogen) atoms. The molecule has 0 bridgehead atoms. The molecule has 1 saturated heterocycles. The first-order chi connectivity index (χ1) is 9.13. The first-order valence-corrected chi connectivity index (χ1v) is 8.44. The van der Waals surface area contributed by atoms with E-state index in [1.165, 1.54) is 34.0 Å². The molecule has 1 unspecified atom stereocenters. The summed E-state index contributed by atoms with van der Waals surface area (Å²) >= 11 is 3.59. The fraction of sp³-hybridized carbons (Fsp3) is 0.615. The van der Waals surface area contributed by atoms with Gasteiger partial charge in [0.05, 0.1) is 4.88 Å². The first-order valence-electron chi connectivity index (χ1n) is 6.58. The normalized spacial score (nSPS) is 20.5. The largest absolute Gasteiger partial charge is 0.297 e. The average molecular weight is 299 g/mol. The van der Waals surface area contributed by atoms with E-state index in [0.29, 0.717) is 4.88 Å². The molecule has 6 heteroatoms. The summed E-state index contributed by atoms with van der Waals surface area (Å²) in [4.78, 5) is 15.9. The van der Waals surface area contributed by atoms with Crippen LogP contribution in [0.3, 0.4) is 0 Å². The number of thioether (sulfide) groups is 1. The maximum Gasteiger partial charge on any atom is 0.275 e. The van der Waals surface area contributed by atoms with Gasteiger partial charge in [0.25, 0.3) is 5.91 Å². The molecular weight excluding hydrogens is 278 g/mol. The Morgan fingerprint density at radius 2 is 2.42 bits per heavy atom. The predicted molar refractivity (Wildman–Crippen MR) is 82.5 cm³/mol. The van der Waals surface area contributed by atoms with E-state index in [-0.39, 0.29) is 5.91 Å². The summed E-state index contributed by atoms with van der Waals surface area (Å²) in [6, 6.07) is 1.98.